The van der Waals surface area contributed by atoms with E-state index in [1.54, 1.807) is 6.20 Å². The van der Waals surface area contributed by atoms with Gasteiger partial charge in [0.15, 0.2) is 5.16 Å². The Bertz CT molecular complexity index is 347. The number of carboxylic acid groups (broad SMARTS) is 1. The molecule has 1 N–H and O–H groups in total. The van der Waals surface area contributed by atoms with Crippen LogP contribution in [0.2, 0.25) is 0 Å². The van der Waals surface area contributed by atoms with Gasteiger partial charge in [-0.25, -0.2) is 4.98 Å². The largest absolute Gasteiger partial charge is 0.481 e. The number of carbonyl (C=O) groups is 1. The number of aromatic nitrogens is 2. The number of carboxylic acids is 1. The van der Waals surface area contributed by atoms with Gasteiger partial charge in [0.25, 0.3) is 0 Å². The molecule has 1 aliphatic rings. The van der Waals surface area contributed by atoms with Gasteiger partial charge in [-0.3, -0.25) is 4.79 Å². The summed E-state index contributed by atoms with van der Waals surface area (Å²) in [6.45, 7) is 0.988. The second kappa shape index (κ2) is 4.70. The number of rotatable bonds is 5. The lowest BCUT2D eigenvalue weighted by molar-refractivity contribution is -0.133. The first-order chi connectivity index (χ1) is 7.25. The van der Waals surface area contributed by atoms with Crippen LogP contribution in [0.25, 0.3) is 0 Å². The zero-order chi connectivity index (χ0) is 10.7. The summed E-state index contributed by atoms with van der Waals surface area (Å²) in [6.07, 6.45) is 7.59. The predicted octanol–water partition coefficient (Wildman–Crippen LogP) is 1.86. The van der Waals surface area contributed by atoms with E-state index in [4.69, 9.17) is 5.11 Å². The van der Waals surface area contributed by atoms with E-state index < -0.39 is 5.97 Å². The van der Waals surface area contributed by atoms with E-state index in [1.807, 2.05) is 6.20 Å². The third-order valence-electron chi connectivity index (χ3n) is 2.68. The Labute approximate surface area is 92.7 Å². The average molecular weight is 226 g/mol. The standard InChI is InChI=1S/C10H14N2O2S/c13-9(14)7-15-10-11-4-5-12(10)6-8-2-1-3-8/h4-5,8H,1-3,6-7H2,(H,13,14). The van der Waals surface area contributed by atoms with Gasteiger partial charge in [0.05, 0.1) is 5.75 Å². The zero-order valence-electron chi connectivity index (χ0n) is 8.43. The third kappa shape index (κ3) is 2.75. The van der Waals surface area contributed by atoms with E-state index in [9.17, 15) is 4.79 Å². The molecule has 0 saturated heterocycles. The van der Waals surface area contributed by atoms with Crippen molar-refractivity contribution >= 4 is 17.7 Å². The molecule has 2 rings (SSSR count). The van der Waals surface area contributed by atoms with Crippen LogP contribution < -0.4 is 0 Å². The van der Waals surface area contributed by atoms with Crippen molar-refractivity contribution in [3.05, 3.63) is 12.4 Å². The minimum absolute atomic E-state index is 0.0850. The van der Waals surface area contributed by atoms with Crippen LogP contribution in [0.4, 0.5) is 0 Å². The summed E-state index contributed by atoms with van der Waals surface area (Å²) < 4.78 is 2.07. The molecule has 0 aromatic carbocycles. The third-order valence-corrected chi connectivity index (χ3v) is 3.67. The first-order valence-corrected chi connectivity index (χ1v) is 6.10. The first-order valence-electron chi connectivity index (χ1n) is 5.11. The summed E-state index contributed by atoms with van der Waals surface area (Å²) in [5, 5.41) is 9.41. The number of thioether (sulfide) groups is 1. The fourth-order valence-corrected chi connectivity index (χ4v) is 2.34. The van der Waals surface area contributed by atoms with Gasteiger partial charge in [0.1, 0.15) is 0 Å². The summed E-state index contributed by atoms with van der Waals surface area (Å²) in [4.78, 5) is 14.6. The van der Waals surface area contributed by atoms with Gasteiger partial charge in [0, 0.05) is 18.9 Å². The molecule has 0 spiro atoms. The molecule has 0 radical (unpaired) electrons. The second-order valence-electron chi connectivity index (χ2n) is 3.84. The Balaban J connectivity index is 1.91. The molecule has 1 aromatic heterocycles. The minimum Gasteiger partial charge on any atom is -0.481 e. The molecule has 1 saturated carbocycles. The fraction of sp³-hybridized carbons (Fsp3) is 0.600. The summed E-state index contributed by atoms with van der Waals surface area (Å²) in [5.74, 6) is 0.0587. The monoisotopic (exact) mass is 226 g/mol. The number of imidazole rings is 1. The highest BCUT2D eigenvalue weighted by molar-refractivity contribution is 7.99. The lowest BCUT2D eigenvalue weighted by atomic mass is 9.85. The molecule has 0 bridgehead atoms. The lowest BCUT2D eigenvalue weighted by Crippen LogP contribution is -2.18. The SMILES string of the molecule is O=C(O)CSc1nccn1CC1CCC1. The number of nitrogens with zero attached hydrogens (tertiary/aromatic N) is 2. The first kappa shape index (κ1) is 10.5. The Morgan fingerprint density at radius 1 is 1.67 bits per heavy atom. The lowest BCUT2D eigenvalue weighted by Gasteiger charge is -2.26. The predicted molar refractivity (Wildman–Crippen MR) is 57.9 cm³/mol. The molecule has 1 fully saturated rings. The quantitative estimate of drug-likeness (QED) is 0.779. The Morgan fingerprint density at radius 2 is 2.47 bits per heavy atom. The van der Waals surface area contributed by atoms with Crippen LogP contribution in [0.15, 0.2) is 17.6 Å². The van der Waals surface area contributed by atoms with Crippen molar-refractivity contribution in [1.82, 2.24) is 9.55 Å². The molecule has 0 unspecified atom stereocenters. The molecule has 15 heavy (non-hydrogen) atoms. The van der Waals surface area contributed by atoms with Crippen LogP contribution >= 0.6 is 11.8 Å². The van der Waals surface area contributed by atoms with Crippen molar-refractivity contribution in [1.29, 1.82) is 0 Å². The van der Waals surface area contributed by atoms with Crippen molar-refractivity contribution in [2.45, 2.75) is 31.0 Å². The summed E-state index contributed by atoms with van der Waals surface area (Å²) >= 11 is 1.29. The van der Waals surface area contributed by atoms with Crippen LogP contribution in [0.3, 0.4) is 0 Å². The molecule has 1 heterocycles. The van der Waals surface area contributed by atoms with Crippen molar-refractivity contribution < 1.29 is 9.90 Å². The van der Waals surface area contributed by atoms with Crippen molar-refractivity contribution in [2.75, 3.05) is 5.75 Å². The van der Waals surface area contributed by atoms with Gasteiger partial charge < -0.3 is 9.67 Å². The van der Waals surface area contributed by atoms with E-state index in [2.05, 4.69) is 9.55 Å². The van der Waals surface area contributed by atoms with E-state index in [0.717, 1.165) is 17.6 Å². The highest BCUT2D eigenvalue weighted by Crippen LogP contribution is 2.29. The van der Waals surface area contributed by atoms with Crippen LogP contribution in [0.5, 0.6) is 0 Å². The smallest absolute Gasteiger partial charge is 0.313 e. The molecule has 0 amide bonds. The molecule has 82 valence electrons. The van der Waals surface area contributed by atoms with Gasteiger partial charge >= 0.3 is 5.97 Å². The van der Waals surface area contributed by atoms with Gasteiger partial charge in [0.2, 0.25) is 0 Å². The zero-order valence-corrected chi connectivity index (χ0v) is 9.24. The molecule has 1 aromatic rings. The van der Waals surface area contributed by atoms with Gasteiger partial charge in [-0.1, -0.05) is 18.2 Å². The Kier molecular flexibility index (Phi) is 3.30. The maximum atomic E-state index is 10.4. The second-order valence-corrected chi connectivity index (χ2v) is 4.78. The minimum atomic E-state index is -0.793. The van der Waals surface area contributed by atoms with E-state index in [0.29, 0.717) is 0 Å². The Hall–Kier alpha value is -0.970. The van der Waals surface area contributed by atoms with Crippen LogP contribution in [-0.4, -0.2) is 26.4 Å². The molecule has 1 aliphatic carbocycles. The van der Waals surface area contributed by atoms with Gasteiger partial charge in [-0.2, -0.15) is 0 Å². The molecular formula is C10H14N2O2S. The topological polar surface area (TPSA) is 55.1 Å². The normalized spacial score (nSPS) is 16.3. The maximum absolute atomic E-state index is 10.4. The highest BCUT2D eigenvalue weighted by Gasteiger charge is 2.19. The fourth-order valence-electron chi connectivity index (χ4n) is 1.65. The van der Waals surface area contributed by atoms with E-state index >= 15 is 0 Å². The summed E-state index contributed by atoms with van der Waals surface area (Å²) in [5.41, 5.74) is 0. The van der Waals surface area contributed by atoms with Crippen molar-refractivity contribution in [3.63, 3.8) is 0 Å². The average Bonchev–Trinajstić information content (AvgIpc) is 2.55. The molecule has 0 atom stereocenters. The molecule has 4 nitrogen and oxygen atoms in total. The number of aliphatic carboxylic acids is 1. The Morgan fingerprint density at radius 3 is 3.07 bits per heavy atom. The molecule has 5 heteroatoms. The van der Waals surface area contributed by atoms with Crippen LogP contribution in [-0.2, 0) is 11.3 Å². The number of hydrogen-bond donors (Lipinski definition) is 1. The van der Waals surface area contributed by atoms with E-state index in [1.165, 1.54) is 31.0 Å². The number of hydrogen-bond acceptors (Lipinski definition) is 3. The van der Waals surface area contributed by atoms with Gasteiger partial charge in [-0.15, -0.1) is 0 Å². The maximum Gasteiger partial charge on any atom is 0.313 e. The van der Waals surface area contributed by atoms with E-state index in [-0.39, 0.29) is 5.75 Å². The van der Waals surface area contributed by atoms with Crippen LogP contribution in [0, 0.1) is 5.92 Å². The van der Waals surface area contributed by atoms with Gasteiger partial charge in [-0.05, 0) is 18.8 Å². The molecular weight excluding hydrogens is 212 g/mol. The molecule has 0 aliphatic heterocycles. The van der Waals surface area contributed by atoms with Crippen LogP contribution in [0.1, 0.15) is 19.3 Å². The van der Waals surface area contributed by atoms with Crippen molar-refractivity contribution in [3.8, 4) is 0 Å². The highest BCUT2D eigenvalue weighted by atomic mass is 32.2. The summed E-state index contributed by atoms with van der Waals surface area (Å²) in [6, 6.07) is 0. The van der Waals surface area contributed by atoms with Crippen molar-refractivity contribution in [2.24, 2.45) is 5.92 Å². The summed E-state index contributed by atoms with van der Waals surface area (Å²) in [7, 11) is 0.